The first-order valence-corrected chi connectivity index (χ1v) is 7.95. The van der Waals surface area contributed by atoms with Crippen molar-refractivity contribution in [1.29, 1.82) is 0 Å². The second-order valence-electron chi connectivity index (χ2n) is 4.60. The first-order chi connectivity index (χ1) is 9.79. The Morgan fingerprint density at radius 3 is 2.62 bits per heavy atom. The normalized spacial score (nSPS) is 11.6. The lowest BCUT2D eigenvalue weighted by Crippen LogP contribution is -2.23. The largest absolute Gasteiger partial charge is 0.397 e. The highest BCUT2D eigenvalue weighted by Gasteiger charge is 2.16. The second-order valence-corrected chi connectivity index (χ2v) is 6.74. The van der Waals surface area contributed by atoms with Crippen molar-refractivity contribution in [3.05, 3.63) is 58.4 Å². The summed E-state index contributed by atoms with van der Waals surface area (Å²) < 4.78 is 39.9. The van der Waals surface area contributed by atoms with E-state index in [-0.39, 0.29) is 17.1 Å². The summed E-state index contributed by atoms with van der Waals surface area (Å²) in [6.45, 7) is 1.66. The Bertz CT molecular complexity index is 755. The number of nitrogen functional groups attached to an aromatic ring is 1. The molecule has 112 valence electrons. The number of halogens is 2. The highest BCUT2D eigenvalue weighted by molar-refractivity contribution is 7.89. The first kappa shape index (κ1) is 15.8. The summed E-state index contributed by atoms with van der Waals surface area (Å²) in [6, 6.07) is 8.44. The van der Waals surface area contributed by atoms with Crippen molar-refractivity contribution in [3.63, 3.8) is 0 Å². The number of nitrogens with one attached hydrogen (secondary N) is 1. The van der Waals surface area contributed by atoms with Gasteiger partial charge in [-0.3, -0.25) is 0 Å². The fourth-order valence-corrected chi connectivity index (χ4v) is 3.07. The molecule has 0 aliphatic carbocycles. The van der Waals surface area contributed by atoms with Crippen molar-refractivity contribution in [2.24, 2.45) is 0 Å². The molecule has 0 aromatic heterocycles. The minimum Gasteiger partial charge on any atom is -0.397 e. The van der Waals surface area contributed by atoms with Crippen molar-refractivity contribution in [3.8, 4) is 0 Å². The average molecular weight is 329 g/mol. The molecule has 21 heavy (non-hydrogen) atoms. The molecule has 0 fully saturated rings. The van der Waals surface area contributed by atoms with Crippen molar-refractivity contribution >= 4 is 27.3 Å². The van der Waals surface area contributed by atoms with E-state index in [9.17, 15) is 12.8 Å². The predicted octanol–water partition coefficient (Wildman–Crippen LogP) is 2.85. The molecule has 0 amide bonds. The van der Waals surface area contributed by atoms with Crippen molar-refractivity contribution < 1.29 is 12.8 Å². The summed E-state index contributed by atoms with van der Waals surface area (Å²) in [6.07, 6.45) is 0. The number of hydrogen-bond donors (Lipinski definition) is 2. The number of nitrogens with two attached hydrogens (primary N) is 1. The Labute approximate surface area is 127 Å². The van der Waals surface area contributed by atoms with Crippen LogP contribution in [0.25, 0.3) is 0 Å². The molecule has 3 N–H and O–H groups in total. The summed E-state index contributed by atoms with van der Waals surface area (Å²) in [5.74, 6) is -0.418. The van der Waals surface area contributed by atoms with Gasteiger partial charge in [-0.2, -0.15) is 0 Å². The molecule has 0 spiro atoms. The molecular formula is C14H14ClFN2O2S. The molecule has 0 saturated heterocycles. The van der Waals surface area contributed by atoms with Crippen LogP contribution in [0.2, 0.25) is 5.02 Å². The van der Waals surface area contributed by atoms with Gasteiger partial charge in [-0.1, -0.05) is 23.7 Å². The smallest absolute Gasteiger partial charge is 0.240 e. The molecule has 0 radical (unpaired) electrons. The highest BCUT2D eigenvalue weighted by Crippen LogP contribution is 2.26. The average Bonchev–Trinajstić information content (AvgIpc) is 2.42. The van der Waals surface area contributed by atoms with Gasteiger partial charge in [0.25, 0.3) is 0 Å². The lowest BCUT2D eigenvalue weighted by molar-refractivity contribution is 0.580. The fourth-order valence-electron chi connectivity index (χ4n) is 1.83. The van der Waals surface area contributed by atoms with Crippen LogP contribution in [-0.2, 0) is 16.6 Å². The Morgan fingerprint density at radius 1 is 1.29 bits per heavy atom. The maximum atomic E-state index is 13.1. The maximum absolute atomic E-state index is 13.1. The predicted molar refractivity (Wildman–Crippen MR) is 81.0 cm³/mol. The molecule has 0 aliphatic heterocycles. The SMILES string of the molecule is Cc1cc(S(=O)(=O)NCc2cccc(F)c2)cc(N)c1Cl. The molecular weight excluding hydrogens is 315 g/mol. The monoisotopic (exact) mass is 328 g/mol. The fraction of sp³-hybridized carbons (Fsp3) is 0.143. The molecule has 7 heteroatoms. The van der Waals surface area contributed by atoms with Gasteiger partial charge in [-0.05, 0) is 42.3 Å². The molecule has 0 bridgehead atoms. The van der Waals surface area contributed by atoms with E-state index in [1.807, 2.05) is 0 Å². The van der Waals surface area contributed by atoms with E-state index in [4.69, 9.17) is 17.3 Å². The third-order valence-electron chi connectivity index (χ3n) is 2.92. The molecule has 0 atom stereocenters. The number of aryl methyl sites for hydroxylation is 1. The van der Waals surface area contributed by atoms with Crippen LogP contribution in [0.4, 0.5) is 10.1 Å². The third-order valence-corrected chi connectivity index (χ3v) is 4.82. The van der Waals surface area contributed by atoms with Crippen LogP contribution in [0.15, 0.2) is 41.3 Å². The zero-order valence-corrected chi connectivity index (χ0v) is 12.8. The van der Waals surface area contributed by atoms with Gasteiger partial charge in [-0.15, -0.1) is 0 Å². The van der Waals surface area contributed by atoms with Crippen molar-refractivity contribution in [2.45, 2.75) is 18.4 Å². The molecule has 2 aromatic carbocycles. The number of hydrogen-bond acceptors (Lipinski definition) is 3. The van der Waals surface area contributed by atoms with Gasteiger partial charge in [0.15, 0.2) is 0 Å². The second kappa shape index (κ2) is 6.01. The van der Waals surface area contributed by atoms with E-state index in [0.29, 0.717) is 16.1 Å². The Balaban J connectivity index is 2.23. The number of sulfonamides is 1. The van der Waals surface area contributed by atoms with Crippen LogP contribution in [0.1, 0.15) is 11.1 Å². The van der Waals surface area contributed by atoms with Gasteiger partial charge in [-0.25, -0.2) is 17.5 Å². The summed E-state index contributed by atoms with van der Waals surface area (Å²) in [7, 11) is -3.74. The van der Waals surface area contributed by atoms with Crippen LogP contribution >= 0.6 is 11.6 Å². The Hall–Kier alpha value is -1.63. The molecule has 0 unspecified atom stereocenters. The van der Waals surface area contributed by atoms with Crippen LogP contribution in [0.3, 0.4) is 0 Å². The van der Waals surface area contributed by atoms with E-state index >= 15 is 0 Å². The number of rotatable bonds is 4. The topological polar surface area (TPSA) is 72.2 Å². The van der Waals surface area contributed by atoms with Gasteiger partial charge in [0.2, 0.25) is 10.0 Å². The molecule has 0 saturated carbocycles. The molecule has 0 aliphatic rings. The Morgan fingerprint density at radius 2 is 2.00 bits per heavy atom. The van der Waals surface area contributed by atoms with E-state index in [2.05, 4.69) is 4.72 Å². The van der Waals surface area contributed by atoms with Gasteiger partial charge >= 0.3 is 0 Å². The number of benzene rings is 2. The van der Waals surface area contributed by atoms with E-state index < -0.39 is 15.8 Å². The Kier molecular flexibility index (Phi) is 4.51. The standard InChI is InChI=1S/C14H14ClFN2O2S/c1-9-5-12(7-13(17)14(9)15)21(19,20)18-8-10-3-2-4-11(16)6-10/h2-7,18H,8,17H2,1H3. The summed E-state index contributed by atoms with van der Waals surface area (Å²) in [5.41, 5.74) is 6.97. The molecule has 2 rings (SSSR count). The minimum atomic E-state index is -3.74. The van der Waals surface area contributed by atoms with Crippen LogP contribution in [0, 0.1) is 12.7 Å². The van der Waals surface area contributed by atoms with E-state index in [0.717, 1.165) is 0 Å². The zero-order chi connectivity index (χ0) is 15.6. The first-order valence-electron chi connectivity index (χ1n) is 6.09. The quantitative estimate of drug-likeness (QED) is 0.848. The van der Waals surface area contributed by atoms with Gasteiger partial charge in [0.1, 0.15) is 5.82 Å². The lowest BCUT2D eigenvalue weighted by atomic mass is 10.2. The van der Waals surface area contributed by atoms with Crippen molar-refractivity contribution in [1.82, 2.24) is 4.72 Å². The van der Waals surface area contributed by atoms with E-state index in [1.165, 1.54) is 30.3 Å². The maximum Gasteiger partial charge on any atom is 0.240 e. The van der Waals surface area contributed by atoms with Gasteiger partial charge in [0, 0.05) is 6.54 Å². The molecule has 0 heterocycles. The summed E-state index contributed by atoms with van der Waals surface area (Å²) >= 11 is 5.91. The number of anilines is 1. The zero-order valence-electron chi connectivity index (χ0n) is 11.2. The minimum absolute atomic E-state index is 0.0122. The summed E-state index contributed by atoms with van der Waals surface area (Å²) in [4.78, 5) is 0.0262. The van der Waals surface area contributed by atoms with Crippen LogP contribution in [0.5, 0.6) is 0 Å². The van der Waals surface area contributed by atoms with Crippen LogP contribution in [-0.4, -0.2) is 8.42 Å². The summed E-state index contributed by atoms with van der Waals surface area (Å²) in [5, 5.41) is 0.332. The molecule has 4 nitrogen and oxygen atoms in total. The van der Waals surface area contributed by atoms with Crippen LogP contribution < -0.4 is 10.5 Å². The van der Waals surface area contributed by atoms with Crippen molar-refractivity contribution in [2.75, 3.05) is 5.73 Å². The van der Waals surface area contributed by atoms with Gasteiger partial charge < -0.3 is 5.73 Å². The van der Waals surface area contributed by atoms with Gasteiger partial charge in [0.05, 0.1) is 15.6 Å². The lowest BCUT2D eigenvalue weighted by Gasteiger charge is -2.10. The third kappa shape index (κ3) is 3.72. The molecule has 2 aromatic rings. The highest BCUT2D eigenvalue weighted by atomic mass is 35.5. The van der Waals surface area contributed by atoms with E-state index in [1.54, 1.807) is 13.0 Å².